The third-order valence-electron chi connectivity index (χ3n) is 4.51. The van der Waals surface area contributed by atoms with Gasteiger partial charge in [0.05, 0.1) is 24.7 Å². The van der Waals surface area contributed by atoms with Gasteiger partial charge in [-0.15, -0.1) is 0 Å². The number of nitrogens with one attached hydrogen (secondary N) is 2. The summed E-state index contributed by atoms with van der Waals surface area (Å²) in [5.74, 6) is 2.48. The summed E-state index contributed by atoms with van der Waals surface area (Å²) >= 11 is 0. The average Bonchev–Trinajstić information content (AvgIpc) is 3.43. The van der Waals surface area contributed by atoms with Crippen LogP contribution in [-0.2, 0) is 11.8 Å². The summed E-state index contributed by atoms with van der Waals surface area (Å²) in [6.45, 7) is 6.69. The molecule has 0 atom stereocenters. The van der Waals surface area contributed by atoms with E-state index in [2.05, 4.69) is 42.5 Å². The fourth-order valence-corrected chi connectivity index (χ4v) is 2.75. The molecule has 0 unspecified atom stereocenters. The molecule has 9 nitrogen and oxygen atoms in total. The number of fused-ring (bicyclic) bond motifs is 1. The lowest BCUT2D eigenvalue weighted by atomic mass is 10.4. The fraction of sp³-hybridized carbons (Fsp3) is 0.667. The van der Waals surface area contributed by atoms with Crippen molar-refractivity contribution in [3.05, 3.63) is 12.5 Å². The predicted molar refractivity (Wildman–Crippen MR) is 107 cm³/mol. The highest BCUT2D eigenvalue weighted by molar-refractivity contribution is 5.86. The predicted octanol–water partition coefficient (Wildman–Crippen LogP) is 1.10. The number of anilines is 1. The van der Waals surface area contributed by atoms with Crippen LogP contribution in [0.5, 0.6) is 0 Å². The zero-order valence-corrected chi connectivity index (χ0v) is 16.5. The highest BCUT2D eigenvalue weighted by atomic mass is 16.5. The number of aromatic nitrogens is 4. The van der Waals surface area contributed by atoms with Gasteiger partial charge in [-0.1, -0.05) is 0 Å². The molecule has 1 saturated carbocycles. The van der Waals surface area contributed by atoms with Crippen molar-refractivity contribution in [2.24, 2.45) is 18.0 Å². The maximum atomic E-state index is 5.72. The van der Waals surface area contributed by atoms with Gasteiger partial charge in [0.25, 0.3) is 0 Å². The van der Waals surface area contributed by atoms with Gasteiger partial charge in [0, 0.05) is 40.3 Å². The van der Waals surface area contributed by atoms with Gasteiger partial charge in [-0.05, 0) is 25.7 Å². The Morgan fingerprint density at radius 3 is 3.04 bits per heavy atom. The van der Waals surface area contributed by atoms with Crippen LogP contribution in [0.3, 0.4) is 0 Å². The fourth-order valence-electron chi connectivity index (χ4n) is 2.75. The number of nitrogens with zero attached hydrogens (tertiary/aromatic N) is 6. The topological polar surface area (TPSA) is 92.5 Å². The smallest absolute Gasteiger partial charge is 0.193 e. The summed E-state index contributed by atoms with van der Waals surface area (Å²) in [4.78, 5) is 15.4. The number of hydrogen-bond donors (Lipinski definition) is 2. The Labute approximate surface area is 160 Å². The molecule has 2 aromatic heterocycles. The standard InChI is InChI=1S/C18H30N8O/c1-4-19-18(25(2)9-10-27-12-14-5-6-14)21-8-7-20-16-15-11-24-26(3)17(15)23-13-22-16/h11,13-14H,4-10,12H2,1-3H3,(H,19,21)(H,20,22,23). The minimum atomic E-state index is 0.640. The summed E-state index contributed by atoms with van der Waals surface area (Å²) in [6, 6.07) is 0. The molecule has 0 aliphatic heterocycles. The second-order valence-corrected chi connectivity index (χ2v) is 6.83. The lowest BCUT2D eigenvalue weighted by Gasteiger charge is -2.22. The number of guanidine groups is 1. The molecule has 0 amide bonds. The molecular formula is C18H30N8O. The molecule has 2 heterocycles. The van der Waals surface area contributed by atoms with E-state index in [9.17, 15) is 0 Å². The van der Waals surface area contributed by atoms with E-state index >= 15 is 0 Å². The molecule has 148 valence electrons. The van der Waals surface area contributed by atoms with Gasteiger partial charge in [-0.25, -0.2) is 9.97 Å². The van der Waals surface area contributed by atoms with Crippen LogP contribution in [0.2, 0.25) is 0 Å². The molecular weight excluding hydrogens is 344 g/mol. The number of hydrogen-bond acceptors (Lipinski definition) is 6. The molecule has 0 bridgehead atoms. The van der Waals surface area contributed by atoms with Crippen LogP contribution in [0.4, 0.5) is 5.82 Å². The molecule has 1 aliphatic rings. The first-order valence-electron chi connectivity index (χ1n) is 9.62. The number of aryl methyl sites for hydroxylation is 1. The Hall–Kier alpha value is -2.42. The molecule has 0 radical (unpaired) electrons. The van der Waals surface area contributed by atoms with Gasteiger partial charge < -0.3 is 20.3 Å². The number of rotatable bonds is 10. The summed E-state index contributed by atoms with van der Waals surface area (Å²) in [6.07, 6.45) is 5.98. The highest BCUT2D eigenvalue weighted by Crippen LogP contribution is 2.28. The van der Waals surface area contributed by atoms with Crippen LogP contribution in [-0.4, -0.2) is 77.0 Å². The van der Waals surface area contributed by atoms with Crippen LogP contribution in [0.1, 0.15) is 19.8 Å². The van der Waals surface area contributed by atoms with E-state index in [1.807, 2.05) is 14.1 Å². The molecule has 2 aromatic rings. The second kappa shape index (κ2) is 9.50. The monoisotopic (exact) mass is 374 g/mol. The van der Waals surface area contributed by atoms with Gasteiger partial charge in [-0.2, -0.15) is 5.10 Å². The zero-order valence-electron chi connectivity index (χ0n) is 16.5. The largest absolute Gasteiger partial charge is 0.379 e. The molecule has 0 spiro atoms. The summed E-state index contributed by atoms with van der Waals surface area (Å²) in [5, 5.41) is 11.8. The van der Waals surface area contributed by atoms with Crippen molar-refractivity contribution >= 4 is 22.8 Å². The lowest BCUT2D eigenvalue weighted by molar-refractivity contribution is 0.115. The number of aliphatic imine (C=N–C) groups is 1. The average molecular weight is 374 g/mol. The van der Waals surface area contributed by atoms with Gasteiger partial charge >= 0.3 is 0 Å². The third kappa shape index (κ3) is 5.53. The van der Waals surface area contributed by atoms with Gasteiger partial charge in [-0.3, -0.25) is 9.67 Å². The van der Waals surface area contributed by atoms with Crippen molar-refractivity contribution in [3.63, 3.8) is 0 Å². The third-order valence-corrected chi connectivity index (χ3v) is 4.51. The van der Waals surface area contributed by atoms with Crippen molar-refractivity contribution in [3.8, 4) is 0 Å². The van der Waals surface area contributed by atoms with Crippen LogP contribution >= 0.6 is 0 Å². The molecule has 0 aromatic carbocycles. The molecule has 1 aliphatic carbocycles. The Kier molecular flexibility index (Phi) is 6.80. The molecule has 2 N–H and O–H groups in total. The molecule has 1 fully saturated rings. The van der Waals surface area contributed by atoms with E-state index in [1.165, 1.54) is 12.8 Å². The molecule has 27 heavy (non-hydrogen) atoms. The van der Waals surface area contributed by atoms with Crippen LogP contribution in [0.25, 0.3) is 11.0 Å². The van der Waals surface area contributed by atoms with E-state index < -0.39 is 0 Å². The lowest BCUT2D eigenvalue weighted by Crippen LogP contribution is -2.41. The number of likely N-dealkylation sites (N-methyl/N-ethyl adjacent to an activating group) is 1. The van der Waals surface area contributed by atoms with Crippen LogP contribution in [0.15, 0.2) is 17.5 Å². The minimum Gasteiger partial charge on any atom is -0.379 e. The summed E-state index contributed by atoms with van der Waals surface area (Å²) in [7, 11) is 3.91. The van der Waals surface area contributed by atoms with Crippen LogP contribution in [0, 0.1) is 5.92 Å². The highest BCUT2D eigenvalue weighted by Gasteiger charge is 2.21. The molecule has 9 heteroatoms. The van der Waals surface area contributed by atoms with E-state index in [4.69, 9.17) is 4.74 Å². The van der Waals surface area contributed by atoms with Crippen molar-refractivity contribution in [1.29, 1.82) is 0 Å². The second-order valence-electron chi connectivity index (χ2n) is 6.83. The minimum absolute atomic E-state index is 0.640. The first kappa shape index (κ1) is 19.3. The Morgan fingerprint density at radius 2 is 2.26 bits per heavy atom. The van der Waals surface area contributed by atoms with Gasteiger partial charge in [0.1, 0.15) is 12.1 Å². The molecule has 0 saturated heterocycles. The Balaban J connectivity index is 1.47. The van der Waals surface area contributed by atoms with Crippen molar-refractivity contribution < 1.29 is 4.74 Å². The van der Waals surface area contributed by atoms with Gasteiger partial charge in [0.15, 0.2) is 11.6 Å². The normalized spacial score (nSPS) is 14.6. The number of ether oxygens (including phenoxy) is 1. The van der Waals surface area contributed by atoms with Crippen molar-refractivity contribution in [2.75, 3.05) is 51.8 Å². The SMILES string of the molecule is CCNC(=NCCNc1ncnc2c1cnn2C)N(C)CCOCC1CC1. The van der Waals surface area contributed by atoms with Gasteiger partial charge in [0.2, 0.25) is 0 Å². The molecule has 3 rings (SSSR count). The maximum Gasteiger partial charge on any atom is 0.193 e. The first-order chi connectivity index (χ1) is 13.2. The van der Waals surface area contributed by atoms with Crippen molar-refractivity contribution in [2.45, 2.75) is 19.8 Å². The summed E-state index contributed by atoms with van der Waals surface area (Å²) < 4.78 is 7.46. The maximum absolute atomic E-state index is 5.72. The quantitative estimate of drug-likeness (QED) is 0.365. The zero-order chi connectivity index (χ0) is 19.1. The first-order valence-corrected chi connectivity index (χ1v) is 9.62. The van der Waals surface area contributed by atoms with Crippen molar-refractivity contribution in [1.82, 2.24) is 30.0 Å². The Morgan fingerprint density at radius 1 is 1.41 bits per heavy atom. The Bertz CT molecular complexity index is 755. The van der Waals surface area contributed by atoms with E-state index in [0.29, 0.717) is 13.1 Å². The van der Waals surface area contributed by atoms with E-state index in [0.717, 1.165) is 55.0 Å². The van der Waals surface area contributed by atoms with E-state index in [1.54, 1.807) is 17.2 Å². The summed E-state index contributed by atoms with van der Waals surface area (Å²) in [5.41, 5.74) is 0.815. The van der Waals surface area contributed by atoms with E-state index in [-0.39, 0.29) is 0 Å². The van der Waals surface area contributed by atoms with Crippen LogP contribution < -0.4 is 10.6 Å².